The van der Waals surface area contributed by atoms with Gasteiger partial charge >= 0.3 is 0 Å². The van der Waals surface area contributed by atoms with E-state index in [1.165, 1.54) is 5.56 Å². The molecule has 2 N–H and O–H groups in total. The molecule has 0 saturated carbocycles. The van der Waals surface area contributed by atoms with E-state index in [1.54, 1.807) is 0 Å². The fourth-order valence-electron chi connectivity index (χ4n) is 2.29. The maximum atomic E-state index is 11.6. The minimum atomic E-state index is -0.648. The van der Waals surface area contributed by atoms with Gasteiger partial charge in [0.15, 0.2) is 0 Å². The highest BCUT2D eigenvalue weighted by Crippen LogP contribution is 2.15. The Morgan fingerprint density at radius 2 is 2.12 bits per heavy atom. The molecule has 0 radical (unpaired) electrons. The molecule has 0 amide bonds. The summed E-state index contributed by atoms with van der Waals surface area (Å²) in [5, 5.41) is 0. The van der Waals surface area contributed by atoms with E-state index in [2.05, 4.69) is 29.2 Å². The maximum Gasteiger partial charge on any atom is 0.0392 e. The van der Waals surface area contributed by atoms with Gasteiger partial charge in [-0.1, -0.05) is 30.3 Å². The summed E-state index contributed by atoms with van der Waals surface area (Å²) < 4.78 is 11.6. The maximum absolute atomic E-state index is 11.6. The molecule has 2 atom stereocenters. The molecular formula is C13H20N2OS. The summed E-state index contributed by atoms with van der Waals surface area (Å²) in [5.41, 5.74) is 6.96. The monoisotopic (exact) mass is 252 g/mol. The highest BCUT2D eigenvalue weighted by Gasteiger charge is 2.25. The summed E-state index contributed by atoms with van der Waals surface area (Å²) in [6.45, 7) is 2.54. The second kappa shape index (κ2) is 6.28. The van der Waals surface area contributed by atoms with Crippen LogP contribution in [-0.2, 0) is 17.3 Å². The van der Waals surface area contributed by atoms with Crippen molar-refractivity contribution in [3.05, 3.63) is 35.9 Å². The van der Waals surface area contributed by atoms with Crippen molar-refractivity contribution in [3.63, 3.8) is 0 Å². The molecule has 4 heteroatoms. The molecule has 1 heterocycles. The Morgan fingerprint density at radius 1 is 1.35 bits per heavy atom. The lowest BCUT2D eigenvalue weighted by atomic mass is 10.1. The van der Waals surface area contributed by atoms with Gasteiger partial charge < -0.3 is 5.73 Å². The van der Waals surface area contributed by atoms with Gasteiger partial charge in [-0.05, 0) is 18.5 Å². The molecule has 1 aromatic rings. The molecule has 1 fully saturated rings. The Morgan fingerprint density at radius 3 is 2.82 bits per heavy atom. The first-order valence-corrected chi connectivity index (χ1v) is 7.61. The Hall–Kier alpha value is -0.710. The van der Waals surface area contributed by atoms with Crippen LogP contribution in [0.25, 0.3) is 0 Å². The average Bonchev–Trinajstić information content (AvgIpc) is 2.34. The van der Waals surface area contributed by atoms with Gasteiger partial charge in [0.25, 0.3) is 0 Å². The summed E-state index contributed by atoms with van der Waals surface area (Å²) in [6.07, 6.45) is 0.943. The number of nitrogens with zero attached hydrogens (tertiary/aromatic N) is 1. The average molecular weight is 252 g/mol. The van der Waals surface area contributed by atoms with E-state index >= 15 is 0 Å². The third kappa shape index (κ3) is 3.63. The lowest BCUT2D eigenvalue weighted by Crippen LogP contribution is -2.46. The van der Waals surface area contributed by atoms with Crippen LogP contribution < -0.4 is 5.73 Å². The first-order chi connectivity index (χ1) is 8.29. The standard InChI is InChI=1S/C13H20N2OS/c14-7-6-13-11-17(16)9-8-15(13)10-12-4-2-1-3-5-12/h1-5,13H,6-11,14H2. The number of nitrogens with two attached hydrogens (primary N) is 1. The number of hydrogen-bond donors (Lipinski definition) is 1. The first-order valence-electron chi connectivity index (χ1n) is 6.12. The lowest BCUT2D eigenvalue weighted by molar-refractivity contribution is 0.200. The Bertz CT molecular complexity index is 369. The molecule has 94 valence electrons. The van der Waals surface area contributed by atoms with E-state index in [0.717, 1.165) is 31.0 Å². The molecule has 3 nitrogen and oxygen atoms in total. The topological polar surface area (TPSA) is 46.3 Å². The molecule has 0 aromatic heterocycles. The van der Waals surface area contributed by atoms with E-state index in [0.29, 0.717) is 12.6 Å². The van der Waals surface area contributed by atoms with Crippen molar-refractivity contribution in [2.75, 3.05) is 24.6 Å². The molecule has 17 heavy (non-hydrogen) atoms. The summed E-state index contributed by atoms with van der Waals surface area (Å²) in [5.74, 6) is 1.58. The van der Waals surface area contributed by atoms with Gasteiger partial charge in [0.05, 0.1) is 0 Å². The minimum Gasteiger partial charge on any atom is -0.330 e. The molecule has 1 saturated heterocycles. The van der Waals surface area contributed by atoms with Gasteiger partial charge in [0.1, 0.15) is 0 Å². The van der Waals surface area contributed by atoms with Crippen molar-refractivity contribution >= 4 is 10.8 Å². The van der Waals surface area contributed by atoms with E-state index in [4.69, 9.17) is 5.73 Å². The van der Waals surface area contributed by atoms with Gasteiger partial charge in [-0.15, -0.1) is 0 Å². The van der Waals surface area contributed by atoms with Crippen molar-refractivity contribution < 1.29 is 4.21 Å². The molecule has 0 bridgehead atoms. The van der Waals surface area contributed by atoms with Gasteiger partial charge in [-0.3, -0.25) is 9.11 Å². The van der Waals surface area contributed by atoms with E-state index in [-0.39, 0.29) is 0 Å². The van der Waals surface area contributed by atoms with Crippen molar-refractivity contribution in [1.82, 2.24) is 4.90 Å². The van der Waals surface area contributed by atoms with Crippen molar-refractivity contribution in [2.24, 2.45) is 5.73 Å². The van der Waals surface area contributed by atoms with E-state index in [1.807, 2.05) is 6.07 Å². The fraction of sp³-hybridized carbons (Fsp3) is 0.538. The molecule has 1 aliphatic rings. The van der Waals surface area contributed by atoms with Crippen LogP contribution in [0.2, 0.25) is 0 Å². The molecular weight excluding hydrogens is 232 g/mol. The number of benzene rings is 1. The third-order valence-electron chi connectivity index (χ3n) is 3.23. The quantitative estimate of drug-likeness (QED) is 0.868. The molecule has 1 aliphatic heterocycles. The van der Waals surface area contributed by atoms with E-state index in [9.17, 15) is 4.21 Å². The van der Waals surface area contributed by atoms with Gasteiger partial charge in [-0.2, -0.15) is 0 Å². The zero-order valence-electron chi connectivity index (χ0n) is 10.0. The minimum absolute atomic E-state index is 0.384. The lowest BCUT2D eigenvalue weighted by Gasteiger charge is -2.35. The largest absolute Gasteiger partial charge is 0.330 e. The zero-order valence-corrected chi connectivity index (χ0v) is 10.9. The highest BCUT2D eigenvalue weighted by molar-refractivity contribution is 7.85. The first kappa shape index (κ1) is 12.7. The Kier molecular flexibility index (Phi) is 4.71. The highest BCUT2D eigenvalue weighted by atomic mass is 32.2. The predicted molar refractivity (Wildman–Crippen MR) is 72.2 cm³/mol. The third-order valence-corrected chi connectivity index (χ3v) is 4.62. The molecule has 2 unspecified atom stereocenters. The second-order valence-electron chi connectivity index (χ2n) is 4.50. The van der Waals surface area contributed by atoms with Crippen LogP contribution in [0.3, 0.4) is 0 Å². The fourth-order valence-corrected chi connectivity index (χ4v) is 3.70. The van der Waals surface area contributed by atoms with Crippen LogP contribution in [0.15, 0.2) is 30.3 Å². The van der Waals surface area contributed by atoms with Crippen LogP contribution in [0.1, 0.15) is 12.0 Å². The summed E-state index contributed by atoms with van der Waals surface area (Å²) in [4.78, 5) is 2.42. The van der Waals surface area contributed by atoms with Crippen LogP contribution in [0.5, 0.6) is 0 Å². The molecule has 0 aliphatic carbocycles. The van der Waals surface area contributed by atoms with Crippen molar-refractivity contribution in [3.8, 4) is 0 Å². The smallest absolute Gasteiger partial charge is 0.0392 e. The summed E-state index contributed by atoms with van der Waals surface area (Å²) in [7, 11) is -0.648. The number of hydrogen-bond acceptors (Lipinski definition) is 3. The van der Waals surface area contributed by atoms with Crippen LogP contribution in [0, 0.1) is 0 Å². The van der Waals surface area contributed by atoms with Crippen LogP contribution >= 0.6 is 0 Å². The zero-order chi connectivity index (χ0) is 12.1. The molecule has 2 rings (SSSR count). The van der Waals surface area contributed by atoms with E-state index < -0.39 is 10.8 Å². The van der Waals surface area contributed by atoms with Gasteiger partial charge in [0.2, 0.25) is 0 Å². The molecule has 1 aromatic carbocycles. The van der Waals surface area contributed by atoms with Crippen molar-refractivity contribution in [2.45, 2.75) is 19.0 Å². The summed E-state index contributed by atoms with van der Waals surface area (Å²) in [6, 6.07) is 10.8. The van der Waals surface area contributed by atoms with Gasteiger partial charge in [0, 0.05) is 41.4 Å². The molecule has 0 spiro atoms. The Balaban J connectivity index is 2.00. The summed E-state index contributed by atoms with van der Waals surface area (Å²) >= 11 is 0. The second-order valence-corrected chi connectivity index (χ2v) is 6.12. The Labute approximate surface area is 105 Å². The predicted octanol–water partition coefficient (Wildman–Crippen LogP) is 0.968. The van der Waals surface area contributed by atoms with Crippen LogP contribution in [0.4, 0.5) is 0 Å². The van der Waals surface area contributed by atoms with Gasteiger partial charge in [-0.25, -0.2) is 0 Å². The SMILES string of the molecule is NCCC1CS(=O)CCN1Cc1ccccc1. The number of rotatable bonds is 4. The van der Waals surface area contributed by atoms with Crippen LogP contribution in [-0.4, -0.2) is 39.7 Å². The van der Waals surface area contributed by atoms with Crippen molar-refractivity contribution in [1.29, 1.82) is 0 Å². The normalized spacial score (nSPS) is 25.9.